The predicted octanol–water partition coefficient (Wildman–Crippen LogP) is 3.20. The third-order valence-electron chi connectivity index (χ3n) is 3.05. The van der Waals surface area contributed by atoms with Gasteiger partial charge in [0.15, 0.2) is 0 Å². The molecule has 100 valence electrons. The highest BCUT2D eigenvalue weighted by Gasteiger charge is 2.15. The van der Waals surface area contributed by atoms with Gasteiger partial charge in [-0.05, 0) is 59.8 Å². The Kier molecular flexibility index (Phi) is 4.63. The lowest BCUT2D eigenvalue weighted by atomic mass is 10.1. The van der Waals surface area contributed by atoms with Crippen molar-refractivity contribution >= 4 is 28.5 Å². The van der Waals surface area contributed by atoms with Crippen molar-refractivity contribution in [3.05, 3.63) is 57.4 Å². The Morgan fingerprint density at radius 2 is 2.05 bits per heavy atom. The highest BCUT2D eigenvalue weighted by molar-refractivity contribution is 14.1. The van der Waals surface area contributed by atoms with Gasteiger partial charge in [0, 0.05) is 22.4 Å². The van der Waals surface area contributed by atoms with Crippen LogP contribution in [-0.4, -0.2) is 17.9 Å². The maximum absolute atomic E-state index is 12.2. The van der Waals surface area contributed by atoms with Crippen LogP contribution >= 0.6 is 22.6 Å². The molecule has 0 bridgehead atoms. The van der Waals surface area contributed by atoms with Gasteiger partial charge in [-0.3, -0.25) is 4.79 Å². The van der Waals surface area contributed by atoms with E-state index in [9.17, 15) is 4.79 Å². The molecule has 2 rings (SSSR count). The number of nitrogens with one attached hydrogen (secondary N) is 1. The standard InChI is InChI=1S/C15H17IN2O/c1-11(12-5-7-14(16)8-6-12)17-15(19)13-4-3-9-18(2)10-13/h3,5-11H,4H2,1-2H3,(H,17,19). The zero-order chi connectivity index (χ0) is 13.8. The Hall–Kier alpha value is -1.30. The second-order valence-electron chi connectivity index (χ2n) is 4.66. The lowest BCUT2D eigenvalue weighted by Gasteiger charge is -2.19. The van der Waals surface area contributed by atoms with Crippen LogP contribution in [0.4, 0.5) is 0 Å². The fourth-order valence-corrected chi connectivity index (χ4v) is 2.32. The number of nitrogens with zero attached hydrogens (tertiary/aromatic N) is 1. The van der Waals surface area contributed by atoms with Crippen LogP contribution in [0, 0.1) is 3.57 Å². The van der Waals surface area contributed by atoms with E-state index in [0.717, 1.165) is 11.1 Å². The number of carbonyl (C=O) groups is 1. The van der Waals surface area contributed by atoms with Crippen molar-refractivity contribution in [3.8, 4) is 0 Å². The van der Waals surface area contributed by atoms with Crippen LogP contribution in [0.2, 0.25) is 0 Å². The molecule has 1 aliphatic rings. The van der Waals surface area contributed by atoms with Gasteiger partial charge in [-0.25, -0.2) is 0 Å². The number of carbonyl (C=O) groups excluding carboxylic acids is 1. The molecule has 4 heteroatoms. The molecule has 0 fully saturated rings. The van der Waals surface area contributed by atoms with Crippen LogP contribution < -0.4 is 5.32 Å². The van der Waals surface area contributed by atoms with E-state index in [0.29, 0.717) is 6.42 Å². The fraction of sp³-hybridized carbons (Fsp3) is 0.267. The number of amides is 1. The summed E-state index contributed by atoms with van der Waals surface area (Å²) in [4.78, 5) is 14.0. The summed E-state index contributed by atoms with van der Waals surface area (Å²) in [5.74, 6) is 0.00208. The number of rotatable bonds is 3. The minimum absolute atomic E-state index is 0.00208. The summed E-state index contributed by atoms with van der Waals surface area (Å²) in [5, 5.41) is 3.04. The van der Waals surface area contributed by atoms with Gasteiger partial charge in [-0.15, -0.1) is 0 Å². The first-order valence-corrected chi connectivity index (χ1v) is 7.30. The molecule has 1 amide bonds. The summed E-state index contributed by atoms with van der Waals surface area (Å²) >= 11 is 2.27. The molecule has 1 aromatic rings. The Balaban J connectivity index is 2.01. The number of hydrogen-bond acceptors (Lipinski definition) is 2. The average molecular weight is 368 g/mol. The van der Waals surface area contributed by atoms with Crippen LogP contribution in [0.25, 0.3) is 0 Å². The van der Waals surface area contributed by atoms with E-state index in [1.54, 1.807) is 0 Å². The molecule has 1 aliphatic heterocycles. The first kappa shape index (κ1) is 14.1. The van der Waals surface area contributed by atoms with E-state index < -0.39 is 0 Å². The second kappa shape index (κ2) is 6.23. The predicted molar refractivity (Wildman–Crippen MR) is 85.3 cm³/mol. The van der Waals surface area contributed by atoms with Crippen molar-refractivity contribution in [1.29, 1.82) is 0 Å². The summed E-state index contributed by atoms with van der Waals surface area (Å²) < 4.78 is 1.20. The topological polar surface area (TPSA) is 32.3 Å². The molecule has 1 atom stereocenters. The molecular formula is C15H17IN2O. The van der Waals surface area contributed by atoms with Crippen LogP contribution in [0.3, 0.4) is 0 Å². The smallest absolute Gasteiger partial charge is 0.249 e. The van der Waals surface area contributed by atoms with Crippen molar-refractivity contribution in [1.82, 2.24) is 10.2 Å². The van der Waals surface area contributed by atoms with Gasteiger partial charge in [-0.2, -0.15) is 0 Å². The van der Waals surface area contributed by atoms with E-state index in [2.05, 4.69) is 40.0 Å². The van der Waals surface area contributed by atoms with Crippen LogP contribution in [0.5, 0.6) is 0 Å². The maximum Gasteiger partial charge on any atom is 0.249 e. The number of allylic oxidation sites excluding steroid dienone is 1. The van der Waals surface area contributed by atoms with Gasteiger partial charge in [0.2, 0.25) is 5.91 Å². The SMILES string of the molecule is CC(NC(=O)C1=CN(C)C=CC1)c1ccc(I)cc1. The van der Waals surface area contributed by atoms with Crippen LogP contribution in [-0.2, 0) is 4.79 Å². The van der Waals surface area contributed by atoms with Crippen molar-refractivity contribution in [2.75, 3.05) is 7.05 Å². The van der Waals surface area contributed by atoms with Crippen molar-refractivity contribution in [2.24, 2.45) is 0 Å². The highest BCUT2D eigenvalue weighted by atomic mass is 127. The van der Waals surface area contributed by atoms with Crippen molar-refractivity contribution in [3.63, 3.8) is 0 Å². The molecule has 19 heavy (non-hydrogen) atoms. The molecule has 0 saturated heterocycles. The summed E-state index contributed by atoms with van der Waals surface area (Å²) in [6.07, 6.45) is 6.51. The second-order valence-corrected chi connectivity index (χ2v) is 5.90. The molecule has 3 nitrogen and oxygen atoms in total. The first-order chi connectivity index (χ1) is 9.06. The third-order valence-corrected chi connectivity index (χ3v) is 3.77. The van der Waals surface area contributed by atoms with Gasteiger partial charge >= 0.3 is 0 Å². The lowest BCUT2D eigenvalue weighted by molar-refractivity contribution is -0.118. The van der Waals surface area contributed by atoms with Crippen molar-refractivity contribution in [2.45, 2.75) is 19.4 Å². The van der Waals surface area contributed by atoms with Gasteiger partial charge in [0.05, 0.1) is 6.04 Å². The molecule has 0 saturated carbocycles. The highest BCUT2D eigenvalue weighted by Crippen LogP contribution is 2.17. The lowest BCUT2D eigenvalue weighted by Crippen LogP contribution is -2.29. The van der Waals surface area contributed by atoms with E-state index in [-0.39, 0.29) is 11.9 Å². The first-order valence-electron chi connectivity index (χ1n) is 6.22. The minimum atomic E-state index is 0.00208. The van der Waals surface area contributed by atoms with E-state index >= 15 is 0 Å². The normalized spacial score (nSPS) is 15.9. The molecule has 1 unspecified atom stereocenters. The Morgan fingerprint density at radius 1 is 1.37 bits per heavy atom. The van der Waals surface area contributed by atoms with E-state index in [4.69, 9.17) is 0 Å². The van der Waals surface area contributed by atoms with Crippen molar-refractivity contribution < 1.29 is 4.79 Å². The number of halogens is 1. The number of benzene rings is 1. The quantitative estimate of drug-likeness (QED) is 0.832. The summed E-state index contributed by atoms with van der Waals surface area (Å²) in [6, 6.07) is 8.22. The molecule has 0 spiro atoms. The molecule has 1 aromatic carbocycles. The summed E-state index contributed by atoms with van der Waals surface area (Å²) in [7, 11) is 1.92. The summed E-state index contributed by atoms with van der Waals surface area (Å²) in [6.45, 7) is 2.00. The molecule has 0 radical (unpaired) electrons. The fourth-order valence-electron chi connectivity index (χ4n) is 1.96. The Morgan fingerprint density at radius 3 is 2.68 bits per heavy atom. The monoisotopic (exact) mass is 368 g/mol. The minimum Gasteiger partial charge on any atom is -0.357 e. The largest absolute Gasteiger partial charge is 0.357 e. The Bertz CT molecular complexity index is 519. The molecule has 0 aromatic heterocycles. The van der Waals surface area contributed by atoms with Gasteiger partial charge in [0.25, 0.3) is 0 Å². The van der Waals surface area contributed by atoms with Gasteiger partial charge in [0.1, 0.15) is 0 Å². The third kappa shape index (κ3) is 3.83. The zero-order valence-corrected chi connectivity index (χ0v) is 13.2. The van der Waals surface area contributed by atoms with E-state index in [1.807, 2.05) is 49.5 Å². The number of hydrogen-bond donors (Lipinski definition) is 1. The van der Waals surface area contributed by atoms with Crippen LogP contribution in [0.1, 0.15) is 24.9 Å². The van der Waals surface area contributed by atoms with Gasteiger partial charge < -0.3 is 10.2 Å². The molecule has 0 aliphatic carbocycles. The van der Waals surface area contributed by atoms with Gasteiger partial charge in [-0.1, -0.05) is 18.2 Å². The average Bonchev–Trinajstić information content (AvgIpc) is 2.39. The molecule has 1 heterocycles. The molecular weight excluding hydrogens is 351 g/mol. The zero-order valence-electron chi connectivity index (χ0n) is 11.1. The van der Waals surface area contributed by atoms with Crippen LogP contribution in [0.15, 0.2) is 48.3 Å². The summed E-state index contributed by atoms with van der Waals surface area (Å²) in [5.41, 5.74) is 1.91. The van der Waals surface area contributed by atoms with E-state index in [1.165, 1.54) is 3.57 Å². The maximum atomic E-state index is 12.2. The molecule has 1 N–H and O–H groups in total. The Labute approximate surface area is 127 Å².